The fourth-order valence-electron chi connectivity index (χ4n) is 2.53. The third-order valence-corrected chi connectivity index (χ3v) is 4.31. The van der Waals surface area contributed by atoms with Gasteiger partial charge in [0, 0.05) is 19.1 Å². The summed E-state index contributed by atoms with van der Waals surface area (Å²) in [5, 5.41) is 2.73. The van der Waals surface area contributed by atoms with Crippen LogP contribution in [0.25, 0.3) is 0 Å². The molecule has 2 N–H and O–H groups in total. The van der Waals surface area contributed by atoms with E-state index in [0.717, 1.165) is 12.7 Å². The van der Waals surface area contributed by atoms with Crippen LogP contribution in [-0.4, -0.2) is 57.9 Å². The molecular weight excluding hydrogens is 337 g/mol. The van der Waals surface area contributed by atoms with Crippen LogP contribution in [0.3, 0.4) is 0 Å². The second-order valence-electron chi connectivity index (χ2n) is 5.71. The van der Waals surface area contributed by atoms with Crippen molar-refractivity contribution in [1.82, 2.24) is 14.9 Å². The molecule has 1 atom stereocenters. The van der Waals surface area contributed by atoms with Crippen molar-refractivity contribution in [1.29, 1.82) is 0 Å². The summed E-state index contributed by atoms with van der Waals surface area (Å²) in [6.07, 6.45) is 2.57. The van der Waals surface area contributed by atoms with Gasteiger partial charge in [-0.1, -0.05) is 0 Å². The van der Waals surface area contributed by atoms with E-state index in [2.05, 4.69) is 10.0 Å². The molecule has 1 fully saturated rings. The molecule has 2 amide bonds. The maximum atomic E-state index is 12.8. The molecule has 1 aromatic rings. The summed E-state index contributed by atoms with van der Waals surface area (Å²) >= 11 is 0. The third kappa shape index (κ3) is 6.32. The molecule has 9 heteroatoms. The molecule has 0 saturated carbocycles. The Morgan fingerprint density at radius 3 is 2.75 bits per heavy atom. The van der Waals surface area contributed by atoms with Crippen molar-refractivity contribution < 1.29 is 22.3 Å². The molecule has 0 radical (unpaired) electrons. The summed E-state index contributed by atoms with van der Waals surface area (Å²) in [7, 11) is -3.28. The Morgan fingerprint density at radius 2 is 2.08 bits per heavy atom. The van der Waals surface area contributed by atoms with Gasteiger partial charge in [0.1, 0.15) is 18.2 Å². The summed E-state index contributed by atoms with van der Waals surface area (Å²) < 4.78 is 43.2. The van der Waals surface area contributed by atoms with Gasteiger partial charge in [-0.05, 0) is 37.1 Å². The highest BCUT2D eigenvalue weighted by Gasteiger charge is 2.25. The first-order valence-corrected chi connectivity index (χ1v) is 9.61. The molecule has 1 heterocycles. The van der Waals surface area contributed by atoms with Crippen LogP contribution in [0, 0.1) is 5.82 Å². The minimum absolute atomic E-state index is 0.252. The normalized spacial score (nSPS) is 18.2. The SMILES string of the molecule is CS(=O)(=O)NC1CCCN(C(=O)NCCOc2ccc(F)cc2)C1. The van der Waals surface area contributed by atoms with Crippen molar-refractivity contribution in [2.75, 3.05) is 32.5 Å². The maximum absolute atomic E-state index is 12.8. The number of ether oxygens (including phenoxy) is 1. The van der Waals surface area contributed by atoms with Gasteiger partial charge in [-0.25, -0.2) is 22.3 Å². The number of urea groups is 1. The quantitative estimate of drug-likeness (QED) is 0.740. The molecule has 0 spiro atoms. The average Bonchev–Trinajstić information content (AvgIpc) is 2.51. The minimum Gasteiger partial charge on any atom is -0.492 e. The molecule has 1 unspecified atom stereocenters. The highest BCUT2D eigenvalue weighted by molar-refractivity contribution is 7.88. The zero-order valence-corrected chi connectivity index (χ0v) is 14.3. The second kappa shape index (κ2) is 8.29. The van der Waals surface area contributed by atoms with E-state index in [1.165, 1.54) is 24.3 Å². The lowest BCUT2D eigenvalue weighted by Gasteiger charge is -2.32. The van der Waals surface area contributed by atoms with Crippen molar-refractivity contribution in [2.24, 2.45) is 0 Å². The largest absolute Gasteiger partial charge is 0.492 e. The zero-order chi connectivity index (χ0) is 17.6. The highest BCUT2D eigenvalue weighted by Crippen LogP contribution is 2.12. The molecule has 1 aromatic carbocycles. The molecule has 0 aliphatic carbocycles. The number of sulfonamides is 1. The molecule has 2 rings (SSSR count). The smallest absolute Gasteiger partial charge is 0.317 e. The Labute approximate surface area is 141 Å². The van der Waals surface area contributed by atoms with Gasteiger partial charge in [0.15, 0.2) is 0 Å². The van der Waals surface area contributed by atoms with Gasteiger partial charge in [0.05, 0.1) is 12.8 Å². The van der Waals surface area contributed by atoms with Crippen LogP contribution in [0.1, 0.15) is 12.8 Å². The fraction of sp³-hybridized carbons (Fsp3) is 0.533. The summed E-state index contributed by atoms with van der Waals surface area (Å²) in [6, 6.07) is 5.13. The van der Waals surface area contributed by atoms with E-state index in [9.17, 15) is 17.6 Å². The molecule has 1 aliphatic rings. The predicted molar refractivity (Wildman–Crippen MR) is 87.9 cm³/mol. The van der Waals surface area contributed by atoms with Crippen LogP contribution in [-0.2, 0) is 10.0 Å². The first kappa shape index (κ1) is 18.5. The van der Waals surface area contributed by atoms with E-state index >= 15 is 0 Å². The average molecular weight is 359 g/mol. The molecule has 1 aliphatic heterocycles. The number of hydrogen-bond acceptors (Lipinski definition) is 4. The summed E-state index contributed by atoms with van der Waals surface area (Å²) in [6.45, 7) is 1.50. The Morgan fingerprint density at radius 1 is 1.38 bits per heavy atom. The Kier molecular flexibility index (Phi) is 6.38. The van der Waals surface area contributed by atoms with Gasteiger partial charge in [-0.2, -0.15) is 0 Å². The summed E-state index contributed by atoms with van der Waals surface area (Å²) in [5.74, 6) is 0.194. The van der Waals surface area contributed by atoms with Gasteiger partial charge >= 0.3 is 6.03 Å². The zero-order valence-electron chi connectivity index (χ0n) is 13.5. The van der Waals surface area contributed by atoms with Gasteiger partial charge < -0.3 is 15.0 Å². The van der Waals surface area contributed by atoms with Crippen molar-refractivity contribution >= 4 is 16.1 Å². The van der Waals surface area contributed by atoms with E-state index in [1.54, 1.807) is 4.90 Å². The van der Waals surface area contributed by atoms with E-state index in [4.69, 9.17) is 4.74 Å². The lowest BCUT2D eigenvalue weighted by Crippen LogP contribution is -2.52. The van der Waals surface area contributed by atoms with Crippen LogP contribution in [0.15, 0.2) is 24.3 Å². The number of piperidine rings is 1. The van der Waals surface area contributed by atoms with E-state index in [-0.39, 0.29) is 24.5 Å². The van der Waals surface area contributed by atoms with Crippen LogP contribution in [0.2, 0.25) is 0 Å². The van der Waals surface area contributed by atoms with E-state index in [0.29, 0.717) is 31.8 Å². The molecular formula is C15H22FN3O4S. The predicted octanol–water partition coefficient (Wildman–Crippen LogP) is 0.928. The molecule has 24 heavy (non-hydrogen) atoms. The van der Waals surface area contributed by atoms with Crippen molar-refractivity contribution in [3.63, 3.8) is 0 Å². The number of hydrogen-bond donors (Lipinski definition) is 2. The van der Waals surface area contributed by atoms with Gasteiger partial charge in [0.25, 0.3) is 0 Å². The summed E-state index contributed by atoms with van der Waals surface area (Å²) in [4.78, 5) is 13.7. The van der Waals surface area contributed by atoms with Crippen LogP contribution in [0.5, 0.6) is 5.75 Å². The lowest BCUT2D eigenvalue weighted by atomic mass is 10.1. The second-order valence-corrected chi connectivity index (χ2v) is 7.49. The topological polar surface area (TPSA) is 87.7 Å². The Balaban J connectivity index is 1.70. The Hall–Kier alpha value is -1.87. The lowest BCUT2D eigenvalue weighted by molar-refractivity contribution is 0.175. The van der Waals surface area contributed by atoms with Gasteiger partial charge in [-0.15, -0.1) is 0 Å². The maximum Gasteiger partial charge on any atom is 0.317 e. The minimum atomic E-state index is -3.28. The number of halogens is 1. The Bertz CT molecular complexity index is 651. The standard InChI is InChI=1S/C15H22FN3O4S/c1-24(21,22)18-13-3-2-9-19(11-13)15(20)17-8-10-23-14-6-4-12(16)5-7-14/h4-7,13,18H,2-3,8-11H2,1H3,(H,17,20). The number of carbonyl (C=O) groups is 1. The number of rotatable bonds is 6. The number of nitrogens with zero attached hydrogens (tertiary/aromatic N) is 1. The fourth-order valence-corrected chi connectivity index (χ4v) is 3.33. The van der Waals surface area contributed by atoms with Crippen molar-refractivity contribution in [3.05, 3.63) is 30.1 Å². The molecule has 0 bridgehead atoms. The first-order valence-electron chi connectivity index (χ1n) is 7.72. The van der Waals surface area contributed by atoms with Gasteiger partial charge in [0.2, 0.25) is 10.0 Å². The van der Waals surface area contributed by atoms with Crippen molar-refractivity contribution in [3.8, 4) is 5.75 Å². The van der Waals surface area contributed by atoms with Crippen LogP contribution in [0.4, 0.5) is 9.18 Å². The molecule has 0 aromatic heterocycles. The summed E-state index contributed by atoms with van der Waals surface area (Å²) in [5.41, 5.74) is 0. The first-order chi connectivity index (χ1) is 11.3. The number of carbonyl (C=O) groups excluding carboxylic acids is 1. The molecule has 7 nitrogen and oxygen atoms in total. The van der Waals surface area contributed by atoms with Crippen LogP contribution < -0.4 is 14.8 Å². The number of benzene rings is 1. The monoisotopic (exact) mass is 359 g/mol. The number of nitrogens with one attached hydrogen (secondary N) is 2. The number of amides is 2. The molecule has 1 saturated heterocycles. The third-order valence-electron chi connectivity index (χ3n) is 3.55. The molecule has 134 valence electrons. The highest BCUT2D eigenvalue weighted by atomic mass is 32.2. The van der Waals surface area contributed by atoms with Crippen molar-refractivity contribution in [2.45, 2.75) is 18.9 Å². The van der Waals surface area contributed by atoms with Crippen LogP contribution >= 0.6 is 0 Å². The van der Waals surface area contributed by atoms with E-state index in [1.807, 2.05) is 0 Å². The van der Waals surface area contributed by atoms with E-state index < -0.39 is 10.0 Å². The number of likely N-dealkylation sites (tertiary alicyclic amines) is 1. The van der Waals surface area contributed by atoms with Gasteiger partial charge in [-0.3, -0.25) is 0 Å².